The van der Waals surface area contributed by atoms with Crippen LogP contribution in [0.4, 0.5) is 0 Å². The molecule has 0 spiro atoms. The minimum atomic E-state index is -1.43. The Kier molecular flexibility index (Phi) is 14.1. The lowest BCUT2D eigenvalue weighted by Crippen LogP contribution is -2.57. The van der Waals surface area contributed by atoms with Crippen LogP contribution in [0.1, 0.15) is 36.8 Å². The van der Waals surface area contributed by atoms with Gasteiger partial charge in [-0.25, -0.2) is 4.79 Å². The van der Waals surface area contributed by atoms with E-state index in [4.69, 9.17) is 17.2 Å². The number of carbonyl (C=O) groups excluding carboxylic acids is 3. The van der Waals surface area contributed by atoms with Gasteiger partial charge in [-0.05, 0) is 48.9 Å². The summed E-state index contributed by atoms with van der Waals surface area (Å²) in [6.07, 6.45) is -0.541. The van der Waals surface area contributed by atoms with Gasteiger partial charge in [0.05, 0.1) is 6.04 Å². The molecular formula is C29H39N7O8. The van der Waals surface area contributed by atoms with Crippen molar-refractivity contribution in [1.29, 1.82) is 0 Å². The van der Waals surface area contributed by atoms with Gasteiger partial charge in [0.15, 0.2) is 5.96 Å². The summed E-state index contributed by atoms with van der Waals surface area (Å²) in [4.78, 5) is 66.5. The minimum Gasteiger partial charge on any atom is -0.508 e. The third-order valence-corrected chi connectivity index (χ3v) is 6.48. The summed E-state index contributed by atoms with van der Waals surface area (Å²) in [7, 11) is 0. The van der Waals surface area contributed by atoms with E-state index in [9.17, 15) is 39.3 Å². The second kappa shape index (κ2) is 17.7. The maximum absolute atomic E-state index is 13.4. The van der Waals surface area contributed by atoms with Crippen molar-refractivity contribution >= 4 is 35.6 Å². The predicted octanol–water partition coefficient (Wildman–Crippen LogP) is -1.04. The summed E-state index contributed by atoms with van der Waals surface area (Å²) >= 11 is 0. The number of nitrogens with one attached hydrogen (secondary N) is 3. The number of carboxylic acids is 2. The third-order valence-electron chi connectivity index (χ3n) is 6.48. The number of aliphatic carboxylic acids is 2. The van der Waals surface area contributed by atoms with Gasteiger partial charge in [-0.3, -0.25) is 24.2 Å². The summed E-state index contributed by atoms with van der Waals surface area (Å²) < 4.78 is 0. The van der Waals surface area contributed by atoms with Crippen molar-refractivity contribution in [2.45, 2.75) is 62.7 Å². The van der Waals surface area contributed by atoms with E-state index in [0.717, 1.165) is 0 Å². The fraction of sp³-hybridized carbons (Fsp3) is 0.379. The molecule has 0 bridgehead atoms. The minimum absolute atomic E-state index is 0.0271. The first-order valence-corrected chi connectivity index (χ1v) is 13.8. The van der Waals surface area contributed by atoms with Crippen molar-refractivity contribution in [3.8, 4) is 5.75 Å². The predicted molar refractivity (Wildman–Crippen MR) is 160 cm³/mol. The first-order valence-electron chi connectivity index (χ1n) is 13.8. The molecule has 0 heterocycles. The number of nitrogens with zero attached hydrogens (tertiary/aromatic N) is 1. The van der Waals surface area contributed by atoms with Crippen LogP contribution < -0.4 is 33.2 Å². The van der Waals surface area contributed by atoms with Crippen molar-refractivity contribution in [2.75, 3.05) is 6.54 Å². The quantitative estimate of drug-likeness (QED) is 0.0556. The van der Waals surface area contributed by atoms with Crippen molar-refractivity contribution in [3.05, 3.63) is 65.7 Å². The number of hydrogen-bond acceptors (Lipinski definition) is 8. The van der Waals surface area contributed by atoms with Crippen molar-refractivity contribution in [1.82, 2.24) is 16.0 Å². The Labute approximate surface area is 253 Å². The van der Waals surface area contributed by atoms with Crippen molar-refractivity contribution in [3.63, 3.8) is 0 Å². The molecule has 0 fully saturated rings. The van der Waals surface area contributed by atoms with E-state index in [2.05, 4.69) is 20.9 Å². The smallest absolute Gasteiger partial charge is 0.326 e. The fourth-order valence-electron chi connectivity index (χ4n) is 4.16. The van der Waals surface area contributed by atoms with E-state index in [0.29, 0.717) is 11.1 Å². The molecular weight excluding hydrogens is 574 g/mol. The summed E-state index contributed by atoms with van der Waals surface area (Å²) in [6.45, 7) is 0.129. The average molecular weight is 614 g/mol. The Morgan fingerprint density at radius 1 is 0.727 bits per heavy atom. The molecule has 4 unspecified atom stereocenters. The van der Waals surface area contributed by atoms with Crippen LogP contribution in [-0.2, 0) is 36.8 Å². The molecule has 44 heavy (non-hydrogen) atoms. The van der Waals surface area contributed by atoms with Crippen LogP contribution in [0.15, 0.2) is 59.6 Å². The largest absolute Gasteiger partial charge is 0.508 e. The van der Waals surface area contributed by atoms with Gasteiger partial charge in [0, 0.05) is 19.4 Å². The Bertz CT molecular complexity index is 1300. The number of amides is 3. The molecule has 0 saturated heterocycles. The number of nitrogens with two attached hydrogens (primary N) is 3. The lowest BCUT2D eigenvalue weighted by molar-refractivity contribution is -0.143. The van der Waals surface area contributed by atoms with E-state index >= 15 is 0 Å². The van der Waals surface area contributed by atoms with Gasteiger partial charge >= 0.3 is 11.9 Å². The first kappa shape index (κ1) is 35.0. The van der Waals surface area contributed by atoms with Crippen LogP contribution in [-0.4, -0.2) is 81.7 Å². The number of carbonyl (C=O) groups is 5. The molecule has 0 aliphatic rings. The number of benzene rings is 2. The van der Waals surface area contributed by atoms with Crippen LogP contribution >= 0.6 is 0 Å². The number of hydrogen-bond donors (Lipinski definition) is 9. The normalized spacial score (nSPS) is 13.4. The zero-order valence-electron chi connectivity index (χ0n) is 24.0. The van der Waals surface area contributed by atoms with E-state index in [1.165, 1.54) is 12.1 Å². The first-order chi connectivity index (χ1) is 20.8. The molecule has 12 N–H and O–H groups in total. The van der Waals surface area contributed by atoms with E-state index in [1.54, 1.807) is 42.5 Å². The second-order valence-electron chi connectivity index (χ2n) is 10.1. The molecule has 3 amide bonds. The Morgan fingerprint density at radius 2 is 1.27 bits per heavy atom. The lowest BCUT2D eigenvalue weighted by Gasteiger charge is -2.25. The van der Waals surface area contributed by atoms with E-state index in [1.807, 2.05) is 0 Å². The third kappa shape index (κ3) is 12.8. The number of rotatable bonds is 18. The summed E-state index contributed by atoms with van der Waals surface area (Å²) in [5.41, 5.74) is 18.1. The van der Waals surface area contributed by atoms with Crippen LogP contribution in [0.3, 0.4) is 0 Å². The molecule has 2 aromatic carbocycles. The molecule has 238 valence electrons. The zero-order valence-corrected chi connectivity index (χ0v) is 24.0. The highest BCUT2D eigenvalue weighted by molar-refractivity contribution is 5.94. The highest BCUT2D eigenvalue weighted by Gasteiger charge is 2.30. The standard InChI is InChI=1S/C29H39N7O8/c30-20(15-18-8-10-19(37)11-9-18)25(40)34-21(7-4-14-33-29(31)32)26(41)35-22(12-13-24(38)39)27(42)36-23(28(43)44)16-17-5-2-1-3-6-17/h1-3,5-6,8-11,20-23,37H,4,7,12-16,30H2,(H,34,40)(H,35,41)(H,36,42)(H,38,39)(H,43,44)(H4,31,32,33). The van der Waals surface area contributed by atoms with Crippen molar-refractivity contribution in [2.24, 2.45) is 22.2 Å². The van der Waals surface area contributed by atoms with Gasteiger partial charge in [0.25, 0.3) is 0 Å². The second-order valence-corrected chi connectivity index (χ2v) is 10.1. The Hall–Kier alpha value is -5.18. The number of phenolic OH excluding ortho intramolecular Hbond substituents is 1. The molecule has 0 aromatic heterocycles. The molecule has 4 atom stereocenters. The zero-order chi connectivity index (χ0) is 32.6. The fourth-order valence-corrected chi connectivity index (χ4v) is 4.16. The van der Waals surface area contributed by atoms with Crippen LogP contribution in [0.25, 0.3) is 0 Å². The maximum Gasteiger partial charge on any atom is 0.326 e. The number of aliphatic imine (C=N–C) groups is 1. The van der Waals surface area contributed by atoms with Crippen LogP contribution in [0, 0.1) is 0 Å². The SMILES string of the molecule is NC(N)=NCCCC(NC(=O)C(N)Cc1ccc(O)cc1)C(=O)NC(CCC(=O)O)C(=O)NC(Cc1ccccc1)C(=O)O. The van der Waals surface area contributed by atoms with Crippen molar-refractivity contribution < 1.29 is 39.3 Å². The Balaban J connectivity index is 2.19. The molecule has 0 aliphatic heterocycles. The lowest BCUT2D eigenvalue weighted by atomic mass is 10.0. The molecule has 2 rings (SSSR count). The summed E-state index contributed by atoms with van der Waals surface area (Å²) in [6, 6.07) is 9.54. The molecule has 0 saturated carbocycles. The number of carboxylic acid groups (broad SMARTS) is 2. The van der Waals surface area contributed by atoms with Gasteiger partial charge in [0.1, 0.15) is 23.9 Å². The molecule has 15 nitrogen and oxygen atoms in total. The molecule has 2 aromatic rings. The topological polar surface area (TPSA) is 273 Å². The number of phenols is 1. The van der Waals surface area contributed by atoms with Crippen LogP contribution in [0.2, 0.25) is 0 Å². The van der Waals surface area contributed by atoms with E-state index < -0.39 is 60.2 Å². The molecule has 0 aliphatic carbocycles. The average Bonchev–Trinajstić information content (AvgIpc) is 2.97. The number of aromatic hydroxyl groups is 1. The summed E-state index contributed by atoms with van der Waals surface area (Å²) in [5, 5.41) is 35.7. The van der Waals surface area contributed by atoms with Gasteiger partial charge in [-0.1, -0.05) is 42.5 Å². The van der Waals surface area contributed by atoms with Crippen LogP contribution in [0.5, 0.6) is 5.75 Å². The highest BCUT2D eigenvalue weighted by atomic mass is 16.4. The van der Waals surface area contributed by atoms with Gasteiger partial charge in [-0.2, -0.15) is 0 Å². The summed E-state index contributed by atoms with van der Waals surface area (Å²) in [5.74, 6) is -5.09. The Morgan fingerprint density at radius 3 is 1.84 bits per heavy atom. The van der Waals surface area contributed by atoms with E-state index in [-0.39, 0.29) is 50.4 Å². The van der Waals surface area contributed by atoms with Gasteiger partial charge < -0.3 is 48.5 Å². The maximum atomic E-state index is 13.4. The number of guanidine groups is 1. The highest BCUT2D eigenvalue weighted by Crippen LogP contribution is 2.12. The molecule has 15 heteroatoms. The monoisotopic (exact) mass is 613 g/mol. The molecule has 0 radical (unpaired) electrons. The van der Waals surface area contributed by atoms with Gasteiger partial charge in [0.2, 0.25) is 17.7 Å². The van der Waals surface area contributed by atoms with Gasteiger partial charge in [-0.15, -0.1) is 0 Å².